The standard InChI is InChI=1S/C13H16BrClN2O/c14-10-4-2-1-3-5-12(10)17-13(18)9-6-7-16-8-11(9)15/h6-8,10,12H,1-5H2,(H,17,18). The summed E-state index contributed by atoms with van der Waals surface area (Å²) in [5.41, 5.74) is 0.496. The Balaban J connectivity index is 2.04. The largest absolute Gasteiger partial charge is 0.348 e. The maximum Gasteiger partial charge on any atom is 0.253 e. The first-order valence-corrected chi connectivity index (χ1v) is 7.52. The van der Waals surface area contributed by atoms with E-state index in [0.717, 1.165) is 19.3 Å². The van der Waals surface area contributed by atoms with E-state index in [1.54, 1.807) is 12.3 Å². The van der Waals surface area contributed by atoms with Crippen LogP contribution in [0.25, 0.3) is 0 Å². The molecule has 98 valence electrons. The molecule has 3 nitrogen and oxygen atoms in total. The first-order valence-electron chi connectivity index (χ1n) is 6.23. The highest BCUT2D eigenvalue weighted by Crippen LogP contribution is 2.24. The van der Waals surface area contributed by atoms with Gasteiger partial charge in [-0.25, -0.2) is 0 Å². The van der Waals surface area contributed by atoms with Crippen LogP contribution >= 0.6 is 27.5 Å². The fourth-order valence-corrected chi connectivity index (χ4v) is 3.16. The normalized spacial score (nSPS) is 24.3. The van der Waals surface area contributed by atoms with Crippen molar-refractivity contribution in [3.63, 3.8) is 0 Å². The van der Waals surface area contributed by atoms with Crippen molar-refractivity contribution in [2.45, 2.75) is 43.0 Å². The number of alkyl halides is 1. The summed E-state index contributed by atoms with van der Waals surface area (Å²) in [6, 6.07) is 1.83. The molecule has 1 N–H and O–H groups in total. The fourth-order valence-electron chi connectivity index (χ4n) is 2.23. The van der Waals surface area contributed by atoms with Crippen molar-refractivity contribution >= 4 is 33.4 Å². The first-order chi connectivity index (χ1) is 8.68. The summed E-state index contributed by atoms with van der Waals surface area (Å²) >= 11 is 9.63. The molecule has 1 heterocycles. The lowest BCUT2D eigenvalue weighted by molar-refractivity contribution is 0.0935. The molecule has 2 unspecified atom stereocenters. The second-order valence-corrected chi connectivity index (χ2v) is 6.17. The molecule has 2 rings (SSSR count). The van der Waals surface area contributed by atoms with E-state index >= 15 is 0 Å². The van der Waals surface area contributed by atoms with E-state index < -0.39 is 0 Å². The number of carbonyl (C=O) groups is 1. The van der Waals surface area contributed by atoms with E-state index in [0.29, 0.717) is 15.4 Å². The molecule has 0 spiro atoms. The summed E-state index contributed by atoms with van der Waals surface area (Å²) in [6.07, 6.45) is 8.83. The second kappa shape index (κ2) is 6.53. The van der Waals surface area contributed by atoms with Crippen LogP contribution in [0, 0.1) is 0 Å². The number of amides is 1. The molecule has 0 aromatic carbocycles. The van der Waals surface area contributed by atoms with E-state index in [1.807, 2.05) is 0 Å². The molecule has 1 aliphatic rings. The van der Waals surface area contributed by atoms with Gasteiger partial charge >= 0.3 is 0 Å². The predicted molar refractivity (Wildman–Crippen MR) is 76.3 cm³/mol. The lowest BCUT2D eigenvalue weighted by atomic mass is 10.1. The third-order valence-corrected chi connectivity index (χ3v) is 4.66. The number of rotatable bonds is 2. The van der Waals surface area contributed by atoms with Crippen LogP contribution in [0.1, 0.15) is 42.5 Å². The monoisotopic (exact) mass is 330 g/mol. The SMILES string of the molecule is O=C(NC1CCCCCC1Br)c1ccncc1Cl. The summed E-state index contributed by atoms with van der Waals surface area (Å²) in [5.74, 6) is -0.112. The highest BCUT2D eigenvalue weighted by molar-refractivity contribution is 9.09. The summed E-state index contributed by atoms with van der Waals surface area (Å²) < 4.78 is 0. The van der Waals surface area contributed by atoms with Crippen LogP contribution in [0.5, 0.6) is 0 Å². The van der Waals surface area contributed by atoms with Crippen molar-refractivity contribution in [2.75, 3.05) is 0 Å². The number of pyridine rings is 1. The van der Waals surface area contributed by atoms with Crippen LogP contribution in [0.3, 0.4) is 0 Å². The van der Waals surface area contributed by atoms with E-state index in [1.165, 1.54) is 19.0 Å². The maximum atomic E-state index is 12.1. The molecule has 1 aromatic heterocycles. The summed E-state index contributed by atoms with van der Waals surface area (Å²) in [4.78, 5) is 16.4. The van der Waals surface area contributed by atoms with Crippen LogP contribution in [0.4, 0.5) is 0 Å². The Labute approximate surface area is 120 Å². The minimum absolute atomic E-state index is 0.112. The third kappa shape index (κ3) is 3.45. The number of hydrogen-bond acceptors (Lipinski definition) is 2. The zero-order valence-electron chi connectivity index (χ0n) is 10.0. The minimum atomic E-state index is -0.112. The van der Waals surface area contributed by atoms with Crippen molar-refractivity contribution in [3.05, 3.63) is 29.0 Å². The van der Waals surface area contributed by atoms with Crippen molar-refractivity contribution < 1.29 is 4.79 Å². The van der Waals surface area contributed by atoms with Crippen LogP contribution in [0.2, 0.25) is 5.02 Å². The number of nitrogens with one attached hydrogen (secondary N) is 1. The van der Waals surface area contributed by atoms with Gasteiger partial charge in [-0.15, -0.1) is 0 Å². The summed E-state index contributed by atoms with van der Waals surface area (Å²) in [6.45, 7) is 0. The van der Waals surface area contributed by atoms with Gasteiger partial charge in [0.2, 0.25) is 0 Å². The topological polar surface area (TPSA) is 42.0 Å². The van der Waals surface area contributed by atoms with Crippen molar-refractivity contribution in [2.24, 2.45) is 0 Å². The van der Waals surface area contributed by atoms with Crippen LogP contribution in [-0.2, 0) is 0 Å². The highest BCUT2D eigenvalue weighted by Gasteiger charge is 2.23. The van der Waals surface area contributed by atoms with Gasteiger partial charge < -0.3 is 5.32 Å². The van der Waals surface area contributed by atoms with Crippen LogP contribution in [-0.4, -0.2) is 21.8 Å². The Morgan fingerprint density at radius 1 is 1.39 bits per heavy atom. The van der Waals surface area contributed by atoms with Gasteiger partial charge in [-0.05, 0) is 18.9 Å². The smallest absolute Gasteiger partial charge is 0.253 e. The molecule has 0 saturated heterocycles. The summed E-state index contributed by atoms with van der Waals surface area (Å²) in [5, 5.41) is 3.47. The number of carbonyl (C=O) groups excluding carboxylic acids is 1. The van der Waals surface area contributed by atoms with Crippen LogP contribution in [0.15, 0.2) is 18.5 Å². The molecule has 0 bridgehead atoms. The Morgan fingerprint density at radius 3 is 2.94 bits per heavy atom. The molecule has 1 amide bonds. The van der Waals surface area contributed by atoms with Gasteiger partial charge in [0, 0.05) is 23.3 Å². The van der Waals surface area contributed by atoms with Crippen molar-refractivity contribution in [1.29, 1.82) is 0 Å². The lowest BCUT2D eigenvalue weighted by Crippen LogP contribution is -2.40. The molecule has 2 atom stereocenters. The van der Waals surface area contributed by atoms with E-state index in [9.17, 15) is 4.79 Å². The molecular weight excluding hydrogens is 316 g/mol. The Morgan fingerprint density at radius 2 is 2.17 bits per heavy atom. The Bertz CT molecular complexity index is 427. The molecule has 0 radical (unpaired) electrons. The number of aromatic nitrogens is 1. The van der Waals surface area contributed by atoms with Gasteiger partial charge in [0.1, 0.15) is 0 Å². The van der Waals surface area contributed by atoms with Gasteiger partial charge in [0.15, 0.2) is 0 Å². The van der Waals surface area contributed by atoms with E-state index in [-0.39, 0.29) is 11.9 Å². The van der Waals surface area contributed by atoms with Gasteiger partial charge in [-0.3, -0.25) is 9.78 Å². The van der Waals surface area contributed by atoms with E-state index in [2.05, 4.69) is 26.2 Å². The number of nitrogens with zero attached hydrogens (tertiary/aromatic N) is 1. The predicted octanol–water partition coefficient (Wildman–Crippen LogP) is 3.56. The summed E-state index contributed by atoms with van der Waals surface area (Å²) in [7, 11) is 0. The molecule has 5 heteroatoms. The molecule has 0 aliphatic heterocycles. The third-order valence-electron chi connectivity index (χ3n) is 3.27. The number of halogens is 2. The Hall–Kier alpha value is -0.610. The van der Waals surface area contributed by atoms with Crippen molar-refractivity contribution in [3.8, 4) is 0 Å². The van der Waals surface area contributed by atoms with Gasteiger partial charge in [0.25, 0.3) is 5.91 Å². The molecule has 1 aromatic rings. The minimum Gasteiger partial charge on any atom is -0.348 e. The number of hydrogen-bond donors (Lipinski definition) is 1. The quantitative estimate of drug-likeness (QED) is 0.665. The van der Waals surface area contributed by atoms with Crippen LogP contribution < -0.4 is 5.32 Å². The highest BCUT2D eigenvalue weighted by atomic mass is 79.9. The molecule has 1 aliphatic carbocycles. The molecular formula is C13H16BrClN2O. The second-order valence-electron chi connectivity index (χ2n) is 4.59. The average Bonchev–Trinajstić information content (AvgIpc) is 2.55. The zero-order chi connectivity index (χ0) is 13.0. The van der Waals surface area contributed by atoms with Gasteiger partial charge in [-0.1, -0.05) is 46.8 Å². The van der Waals surface area contributed by atoms with Crippen molar-refractivity contribution in [1.82, 2.24) is 10.3 Å². The maximum absolute atomic E-state index is 12.1. The van der Waals surface area contributed by atoms with Gasteiger partial charge in [-0.2, -0.15) is 0 Å². The average molecular weight is 332 g/mol. The zero-order valence-corrected chi connectivity index (χ0v) is 12.4. The van der Waals surface area contributed by atoms with Gasteiger partial charge in [0.05, 0.1) is 10.6 Å². The molecule has 1 fully saturated rings. The van der Waals surface area contributed by atoms with E-state index in [4.69, 9.17) is 11.6 Å². The fraction of sp³-hybridized carbons (Fsp3) is 0.538. The molecule has 1 saturated carbocycles. The molecule has 18 heavy (non-hydrogen) atoms. The Kier molecular flexibility index (Phi) is 5.01. The lowest BCUT2D eigenvalue weighted by Gasteiger charge is -2.21. The first kappa shape index (κ1) is 13.8.